The average Bonchev–Trinajstić information content (AvgIpc) is 2.65. The molecule has 82 valence electrons. The van der Waals surface area contributed by atoms with Gasteiger partial charge in [0.05, 0.1) is 0 Å². The first-order chi connectivity index (χ1) is 6.90. The van der Waals surface area contributed by atoms with Crippen molar-refractivity contribution in [3.05, 3.63) is 16.3 Å². The Morgan fingerprint density at radius 2 is 2.07 bits per heavy atom. The predicted molar refractivity (Wildman–Crippen MR) is 52.5 cm³/mol. The van der Waals surface area contributed by atoms with Crippen LogP contribution in [0.3, 0.4) is 0 Å². The van der Waals surface area contributed by atoms with Crippen molar-refractivity contribution in [3.8, 4) is 0 Å². The molecule has 0 spiro atoms. The van der Waals surface area contributed by atoms with Gasteiger partial charge in [-0.15, -0.1) is 11.3 Å². The topological polar surface area (TPSA) is 101 Å². The number of carboxylic acids is 1. The normalized spacial score (nSPS) is 11.3. The van der Waals surface area contributed by atoms with E-state index in [2.05, 4.69) is 0 Å². The summed E-state index contributed by atoms with van der Waals surface area (Å²) in [6, 6.07) is 1.19. The van der Waals surface area contributed by atoms with Gasteiger partial charge in [-0.3, -0.25) is 4.79 Å². The van der Waals surface area contributed by atoms with Gasteiger partial charge >= 0.3 is 5.97 Å². The summed E-state index contributed by atoms with van der Waals surface area (Å²) in [6.07, 6.45) is 0. The van der Waals surface area contributed by atoms with Crippen LogP contribution in [-0.2, 0) is 14.8 Å². The summed E-state index contributed by atoms with van der Waals surface area (Å²) in [6.45, 7) is 0. The Hall–Kier alpha value is -1.25. The van der Waals surface area contributed by atoms with E-state index < -0.39 is 21.8 Å². The van der Waals surface area contributed by atoms with Gasteiger partial charge in [0.15, 0.2) is 0 Å². The zero-order chi connectivity index (χ0) is 11.6. The van der Waals surface area contributed by atoms with Crippen LogP contribution in [0.25, 0.3) is 0 Å². The van der Waals surface area contributed by atoms with E-state index in [1.165, 1.54) is 18.5 Å². The molecule has 0 radical (unpaired) electrons. The van der Waals surface area contributed by atoms with E-state index in [0.29, 0.717) is 0 Å². The maximum absolute atomic E-state index is 11.4. The van der Waals surface area contributed by atoms with Crippen LogP contribution in [0.15, 0.2) is 16.3 Å². The number of rotatable bonds is 4. The van der Waals surface area contributed by atoms with E-state index in [1.807, 2.05) is 4.72 Å². The van der Waals surface area contributed by atoms with Crippen molar-refractivity contribution in [2.24, 2.45) is 0 Å². The standard InChI is InChI=1S/C7H7NO5S2/c1-8-15(12,13)4-2-3-14-6(4)5(9)7(10)11/h2-3,8H,1H3,(H,10,11). The average molecular weight is 249 g/mol. The Morgan fingerprint density at radius 3 is 2.53 bits per heavy atom. The molecule has 15 heavy (non-hydrogen) atoms. The lowest BCUT2D eigenvalue weighted by Crippen LogP contribution is -2.22. The van der Waals surface area contributed by atoms with E-state index in [9.17, 15) is 18.0 Å². The first kappa shape index (κ1) is 11.8. The Morgan fingerprint density at radius 1 is 1.47 bits per heavy atom. The van der Waals surface area contributed by atoms with Gasteiger partial charge in [0.25, 0.3) is 5.78 Å². The molecule has 1 aromatic heterocycles. The van der Waals surface area contributed by atoms with Gasteiger partial charge < -0.3 is 5.11 Å². The first-order valence-corrected chi connectivity index (χ1v) is 6.05. The largest absolute Gasteiger partial charge is 0.475 e. The minimum Gasteiger partial charge on any atom is -0.475 e. The maximum Gasteiger partial charge on any atom is 0.378 e. The minimum atomic E-state index is -3.79. The van der Waals surface area contributed by atoms with E-state index in [1.54, 1.807) is 0 Å². The summed E-state index contributed by atoms with van der Waals surface area (Å²) in [5, 5.41) is 9.81. The second-order valence-corrected chi connectivity index (χ2v) is 5.23. The number of hydrogen-bond acceptors (Lipinski definition) is 5. The molecule has 1 aromatic rings. The van der Waals surface area contributed by atoms with E-state index >= 15 is 0 Å². The summed E-state index contributed by atoms with van der Waals surface area (Å²) in [5.41, 5.74) is 0. The van der Waals surface area contributed by atoms with Gasteiger partial charge in [-0.05, 0) is 18.5 Å². The van der Waals surface area contributed by atoms with E-state index in [0.717, 1.165) is 11.3 Å². The third kappa shape index (κ3) is 2.22. The van der Waals surface area contributed by atoms with Crippen molar-refractivity contribution in [1.82, 2.24) is 4.72 Å². The van der Waals surface area contributed by atoms with Crippen molar-refractivity contribution in [2.45, 2.75) is 4.90 Å². The second kappa shape index (κ2) is 4.09. The fourth-order valence-corrected chi connectivity index (χ4v) is 2.96. The van der Waals surface area contributed by atoms with Gasteiger partial charge in [-0.25, -0.2) is 17.9 Å². The lowest BCUT2D eigenvalue weighted by atomic mass is 10.3. The second-order valence-electron chi connectivity index (χ2n) is 2.46. The molecule has 2 N–H and O–H groups in total. The quantitative estimate of drug-likeness (QED) is 0.574. The number of Topliss-reactive ketones (excluding diaryl/α,β-unsaturated/α-hetero) is 1. The number of carbonyl (C=O) groups is 2. The molecule has 0 aliphatic rings. The van der Waals surface area contributed by atoms with Crippen molar-refractivity contribution >= 4 is 33.1 Å². The Labute approximate surface area is 89.6 Å². The molecule has 0 aromatic carbocycles. The summed E-state index contributed by atoms with van der Waals surface area (Å²) in [4.78, 5) is 20.9. The third-order valence-corrected chi connectivity index (χ3v) is 4.09. The summed E-state index contributed by atoms with van der Waals surface area (Å²) in [5.74, 6) is -2.90. The first-order valence-electron chi connectivity index (χ1n) is 3.69. The number of ketones is 1. The zero-order valence-electron chi connectivity index (χ0n) is 7.55. The highest BCUT2D eigenvalue weighted by atomic mass is 32.2. The van der Waals surface area contributed by atoms with Crippen molar-refractivity contribution < 1.29 is 23.1 Å². The third-order valence-electron chi connectivity index (χ3n) is 1.59. The molecule has 0 aliphatic carbocycles. The van der Waals surface area contributed by atoms with Crippen LogP contribution in [0.5, 0.6) is 0 Å². The van der Waals surface area contributed by atoms with Gasteiger partial charge in [0.2, 0.25) is 10.0 Å². The van der Waals surface area contributed by atoms with Crippen molar-refractivity contribution in [2.75, 3.05) is 7.05 Å². The molecule has 0 amide bonds. The Bertz CT molecular complexity index is 501. The van der Waals surface area contributed by atoms with Gasteiger partial charge in [-0.2, -0.15) is 0 Å². The van der Waals surface area contributed by atoms with E-state index in [-0.39, 0.29) is 9.77 Å². The van der Waals surface area contributed by atoms with Crippen molar-refractivity contribution in [1.29, 1.82) is 0 Å². The molecule has 0 unspecified atom stereocenters. The molecule has 0 aliphatic heterocycles. The molecule has 0 atom stereocenters. The van der Waals surface area contributed by atoms with Crippen LogP contribution < -0.4 is 4.72 Å². The Balaban J connectivity index is 3.31. The molecular weight excluding hydrogens is 242 g/mol. The number of carbonyl (C=O) groups excluding carboxylic acids is 1. The highest BCUT2D eigenvalue weighted by Crippen LogP contribution is 2.22. The SMILES string of the molecule is CNS(=O)(=O)c1ccsc1C(=O)C(=O)O. The summed E-state index contributed by atoms with van der Waals surface area (Å²) >= 11 is 0.779. The van der Waals surface area contributed by atoms with E-state index in [4.69, 9.17) is 5.11 Å². The zero-order valence-corrected chi connectivity index (χ0v) is 9.18. The van der Waals surface area contributed by atoms with Gasteiger partial charge in [-0.1, -0.05) is 0 Å². The number of thiophene rings is 1. The van der Waals surface area contributed by atoms with Crippen molar-refractivity contribution in [3.63, 3.8) is 0 Å². The highest BCUT2D eigenvalue weighted by Gasteiger charge is 2.26. The number of hydrogen-bond donors (Lipinski definition) is 2. The van der Waals surface area contributed by atoms with Crippen LogP contribution in [0, 0.1) is 0 Å². The molecule has 1 rings (SSSR count). The molecule has 0 bridgehead atoms. The van der Waals surface area contributed by atoms with Crippen LogP contribution in [0.1, 0.15) is 9.67 Å². The number of aliphatic carboxylic acids is 1. The van der Waals surface area contributed by atoms with Crippen LogP contribution in [0.2, 0.25) is 0 Å². The molecule has 0 saturated heterocycles. The van der Waals surface area contributed by atoms with Gasteiger partial charge in [0.1, 0.15) is 9.77 Å². The monoisotopic (exact) mass is 249 g/mol. The lowest BCUT2D eigenvalue weighted by molar-refractivity contribution is -0.131. The van der Waals surface area contributed by atoms with Crippen LogP contribution in [-0.4, -0.2) is 32.3 Å². The number of sulfonamides is 1. The fraction of sp³-hybridized carbons (Fsp3) is 0.143. The fourth-order valence-electron chi connectivity index (χ4n) is 0.882. The molecule has 6 nitrogen and oxygen atoms in total. The molecular formula is C7H7NO5S2. The molecule has 0 fully saturated rings. The Kier molecular flexibility index (Phi) is 3.22. The van der Waals surface area contributed by atoms with Gasteiger partial charge in [0, 0.05) is 0 Å². The molecule has 0 saturated carbocycles. The smallest absolute Gasteiger partial charge is 0.378 e. The van der Waals surface area contributed by atoms with Crippen LogP contribution in [0.4, 0.5) is 0 Å². The summed E-state index contributed by atoms with van der Waals surface area (Å²) < 4.78 is 24.7. The number of nitrogens with one attached hydrogen (secondary N) is 1. The lowest BCUT2D eigenvalue weighted by Gasteiger charge is -2.00. The highest BCUT2D eigenvalue weighted by molar-refractivity contribution is 7.89. The molecule has 1 heterocycles. The number of carboxylic acid groups (broad SMARTS) is 1. The summed E-state index contributed by atoms with van der Waals surface area (Å²) in [7, 11) is -2.61. The van der Waals surface area contributed by atoms with Crippen LogP contribution >= 0.6 is 11.3 Å². The molecule has 8 heteroatoms. The minimum absolute atomic E-state index is 0.295. The predicted octanol–water partition coefficient (Wildman–Crippen LogP) is -0.0765. The maximum atomic E-state index is 11.4.